The maximum absolute atomic E-state index is 14.1. The summed E-state index contributed by atoms with van der Waals surface area (Å²) in [4.78, 5) is 107. The average molecular weight is 920 g/mol. The predicted octanol–water partition coefficient (Wildman–Crippen LogP) is -7.10. The van der Waals surface area contributed by atoms with Crippen molar-refractivity contribution in [1.82, 2.24) is 47.4 Å². The maximum atomic E-state index is 14.1. The van der Waals surface area contributed by atoms with E-state index < -0.39 is 163 Å². The molecule has 4 aliphatic rings. The van der Waals surface area contributed by atoms with Gasteiger partial charge in [0.25, 0.3) is 0 Å². The Labute approximate surface area is 365 Å². The van der Waals surface area contributed by atoms with E-state index >= 15 is 0 Å². The molecule has 12 atom stereocenters. The van der Waals surface area contributed by atoms with E-state index in [9.17, 15) is 63.0 Å². The van der Waals surface area contributed by atoms with Crippen LogP contribution >= 0.6 is 11.8 Å². The Kier molecular flexibility index (Phi) is 19.5. The normalized spacial score (nSPS) is 28.3. The Morgan fingerprint density at radius 1 is 1.05 bits per heavy atom. The number of aliphatic hydroxyl groups is 4. The molecule has 0 saturated carbocycles. The fraction of sp³-hybridized carbons (Fsp3) is 0.722. The van der Waals surface area contributed by atoms with Gasteiger partial charge in [0.05, 0.1) is 59.8 Å². The van der Waals surface area contributed by atoms with Crippen molar-refractivity contribution < 1.29 is 63.0 Å². The standard InChI is InChI=1S/C36H61N11O13S2/c1-6-16(2)27(43-26(54)11-39-18(4)49)32(57)40-12-25(53)41-21-15-62(60)34-29(61-8-7-37)36(5,46-34)45-33(58)28(17(3)23(51)14-48)44-31(56)22-9-19(50)13-47(22)35(59)20(10-24(38)52)42-30(21)55/h16-17,19-23,25,27-28,41,46,48,50-51,53H,6-15,37H2,1-5H3,(H2,38,52)(H,39,49)(H,40,57)(H,42,55)(H,43,54)(H,44,56)(H,45,58)/t16-,17-,19+,20-,21-,22-,23-,25?,27-,28-,36-,62?/m0/s1. The number of hydrogen-bond acceptors (Lipinski definition) is 17. The maximum Gasteiger partial charge on any atom is 0.246 e. The Hall–Kier alpha value is -4.44. The number of thioether (sulfide) groups is 1. The van der Waals surface area contributed by atoms with Crippen molar-refractivity contribution in [2.45, 2.75) is 108 Å². The van der Waals surface area contributed by atoms with Crippen molar-refractivity contribution >= 4 is 69.8 Å². The quantitative estimate of drug-likeness (QED) is 0.0568. The number of nitrogens with one attached hydrogen (secondary N) is 8. The van der Waals surface area contributed by atoms with Gasteiger partial charge in [0.2, 0.25) is 47.3 Å². The van der Waals surface area contributed by atoms with Crippen LogP contribution in [-0.2, 0) is 49.2 Å². The molecule has 0 aromatic carbocycles. The highest BCUT2D eigenvalue weighted by molar-refractivity contribution is 8.04. The molecule has 2 unspecified atom stereocenters. The monoisotopic (exact) mass is 919 g/mol. The molecule has 4 aliphatic heterocycles. The fourth-order valence-corrected chi connectivity index (χ4v) is 9.66. The minimum atomic E-state index is -2.16. The molecule has 0 aromatic rings. The van der Waals surface area contributed by atoms with Crippen LogP contribution in [0.25, 0.3) is 0 Å². The van der Waals surface area contributed by atoms with Crippen LogP contribution in [0.5, 0.6) is 0 Å². The van der Waals surface area contributed by atoms with E-state index in [1.165, 1.54) is 20.8 Å². The van der Waals surface area contributed by atoms with Crippen LogP contribution in [0.3, 0.4) is 0 Å². The highest BCUT2D eigenvalue weighted by Crippen LogP contribution is 2.39. The Bertz CT molecular complexity index is 1760. The number of carbonyl (C=O) groups is 8. The SMILES string of the molecule is CC[C@H](C)[C@H](NC(=O)CNC(C)=O)C(=O)NCC(O)N[C@H]1CS(=O)C2=C(SCCN)[C@@](C)(NC(=O)[C@H]([C@@H](C)[C@@H](O)CO)NC(=O)[C@@H]3C[C@@H](O)CN3C(=O)[C@H](CC(N)=O)NC1=O)N2. The van der Waals surface area contributed by atoms with E-state index in [0.717, 1.165) is 16.7 Å². The molecule has 24 nitrogen and oxygen atoms in total. The van der Waals surface area contributed by atoms with Crippen molar-refractivity contribution in [3.63, 3.8) is 0 Å². The molecular weight excluding hydrogens is 859 g/mol. The minimum absolute atomic E-state index is 0.0489. The average Bonchev–Trinajstić information content (AvgIpc) is 3.61. The van der Waals surface area contributed by atoms with Gasteiger partial charge in [0.15, 0.2) is 0 Å². The van der Waals surface area contributed by atoms with Gasteiger partial charge in [-0.25, -0.2) is 0 Å². The number of aliphatic hydroxyl groups excluding tert-OH is 4. The second kappa shape index (κ2) is 23.3. The van der Waals surface area contributed by atoms with E-state index in [1.54, 1.807) is 13.8 Å². The molecule has 0 radical (unpaired) electrons. The summed E-state index contributed by atoms with van der Waals surface area (Å²) in [6, 6.07) is -7.51. The highest BCUT2D eigenvalue weighted by atomic mass is 32.2. The number of primary amides is 1. The summed E-state index contributed by atoms with van der Waals surface area (Å²) in [5, 5.41) is 62.6. The molecule has 0 spiro atoms. The first-order valence-electron chi connectivity index (χ1n) is 20.0. The van der Waals surface area contributed by atoms with Crippen molar-refractivity contribution in [2.75, 3.05) is 44.3 Å². The third-order valence-corrected chi connectivity index (χ3v) is 13.4. The Morgan fingerprint density at radius 2 is 1.73 bits per heavy atom. The topological polar surface area (TPSA) is 386 Å². The van der Waals surface area contributed by atoms with E-state index in [4.69, 9.17) is 11.5 Å². The molecule has 62 heavy (non-hydrogen) atoms. The van der Waals surface area contributed by atoms with Gasteiger partial charge in [-0.3, -0.25) is 47.9 Å². The molecule has 0 aliphatic carbocycles. The lowest BCUT2D eigenvalue weighted by molar-refractivity contribution is -0.144. The van der Waals surface area contributed by atoms with Crippen molar-refractivity contribution in [2.24, 2.45) is 23.3 Å². The number of nitrogens with zero attached hydrogens (tertiary/aromatic N) is 1. The van der Waals surface area contributed by atoms with Crippen LogP contribution < -0.4 is 54.0 Å². The van der Waals surface area contributed by atoms with Crippen LogP contribution in [0.4, 0.5) is 0 Å². The molecule has 0 aromatic heterocycles. The van der Waals surface area contributed by atoms with E-state index in [-0.39, 0.29) is 23.7 Å². The van der Waals surface area contributed by atoms with Crippen LogP contribution in [0.1, 0.15) is 53.9 Å². The van der Waals surface area contributed by atoms with Gasteiger partial charge in [-0.15, -0.1) is 11.8 Å². The molecule has 2 saturated heterocycles. The first kappa shape index (κ1) is 51.9. The number of amides is 8. The lowest BCUT2D eigenvalue weighted by atomic mass is 9.93. The molecule has 16 N–H and O–H groups in total. The number of fused-ring (bicyclic) bond motifs is 10. The van der Waals surface area contributed by atoms with E-state index in [1.807, 2.05) is 0 Å². The van der Waals surface area contributed by atoms with Crippen LogP contribution in [0.2, 0.25) is 0 Å². The second-order valence-electron chi connectivity index (χ2n) is 15.6. The summed E-state index contributed by atoms with van der Waals surface area (Å²) in [5.41, 5.74) is 9.80. The second-order valence-corrected chi connectivity index (χ2v) is 18.1. The minimum Gasteiger partial charge on any atom is -0.394 e. The smallest absolute Gasteiger partial charge is 0.246 e. The van der Waals surface area contributed by atoms with Gasteiger partial charge in [-0.1, -0.05) is 27.2 Å². The first-order chi connectivity index (χ1) is 29.1. The molecule has 4 rings (SSSR count). The Balaban J connectivity index is 2.05. The molecule has 4 heterocycles. The summed E-state index contributed by atoms with van der Waals surface area (Å²) >= 11 is 1.12. The third-order valence-electron chi connectivity index (χ3n) is 10.6. The van der Waals surface area contributed by atoms with Crippen LogP contribution in [-0.4, -0.2) is 175 Å². The largest absolute Gasteiger partial charge is 0.394 e. The molecule has 8 amide bonds. The molecule has 350 valence electrons. The zero-order valence-corrected chi connectivity index (χ0v) is 36.9. The van der Waals surface area contributed by atoms with Gasteiger partial charge in [0.1, 0.15) is 47.1 Å². The lowest BCUT2D eigenvalue weighted by Gasteiger charge is -2.45. The molecule has 2 fully saturated rings. The van der Waals surface area contributed by atoms with Crippen LogP contribution in [0.15, 0.2) is 9.93 Å². The summed E-state index contributed by atoms with van der Waals surface area (Å²) in [5.74, 6) is -8.67. The predicted molar refractivity (Wildman–Crippen MR) is 223 cm³/mol. The van der Waals surface area contributed by atoms with Gasteiger partial charge in [-0.2, -0.15) is 0 Å². The molecular formula is C36H61N11O13S2. The van der Waals surface area contributed by atoms with E-state index in [0.29, 0.717) is 11.3 Å². The fourth-order valence-electron chi connectivity index (χ4n) is 6.87. The molecule has 26 heteroatoms. The van der Waals surface area contributed by atoms with Crippen LogP contribution in [0, 0.1) is 11.8 Å². The zero-order valence-electron chi connectivity index (χ0n) is 35.2. The van der Waals surface area contributed by atoms with Crippen molar-refractivity contribution in [1.29, 1.82) is 0 Å². The van der Waals surface area contributed by atoms with Crippen molar-refractivity contribution in [3.8, 4) is 0 Å². The molecule has 2 bridgehead atoms. The van der Waals surface area contributed by atoms with E-state index in [2.05, 4.69) is 42.5 Å². The van der Waals surface area contributed by atoms with Crippen molar-refractivity contribution in [3.05, 3.63) is 9.93 Å². The zero-order chi connectivity index (χ0) is 46.6. The number of hydrogen-bond donors (Lipinski definition) is 14. The van der Waals surface area contributed by atoms with Gasteiger partial charge >= 0.3 is 0 Å². The number of rotatable bonds is 18. The lowest BCUT2D eigenvalue weighted by Crippen LogP contribution is -2.68. The Morgan fingerprint density at radius 3 is 2.32 bits per heavy atom. The third kappa shape index (κ3) is 13.8. The van der Waals surface area contributed by atoms with Gasteiger partial charge in [0, 0.05) is 38.1 Å². The summed E-state index contributed by atoms with van der Waals surface area (Å²) in [6.45, 7) is 5.56. The summed E-state index contributed by atoms with van der Waals surface area (Å²) < 4.78 is 14.1. The first-order valence-corrected chi connectivity index (χ1v) is 22.4. The highest BCUT2D eigenvalue weighted by Gasteiger charge is 2.49. The summed E-state index contributed by atoms with van der Waals surface area (Å²) in [6.07, 6.45) is -5.21. The van der Waals surface area contributed by atoms with Gasteiger partial charge < -0.3 is 74.0 Å². The number of nitrogens with two attached hydrogens (primary N) is 2. The number of carbonyl (C=O) groups excluding carboxylic acids is 8. The van der Waals surface area contributed by atoms with Gasteiger partial charge in [-0.05, 0) is 12.8 Å². The summed E-state index contributed by atoms with van der Waals surface area (Å²) in [7, 11) is -2.16.